The van der Waals surface area contributed by atoms with E-state index >= 15 is 0 Å². The Kier molecular flexibility index (Phi) is 3.77. The summed E-state index contributed by atoms with van der Waals surface area (Å²) in [4.78, 5) is 11.0. The van der Waals surface area contributed by atoms with Crippen molar-refractivity contribution in [3.63, 3.8) is 0 Å². The van der Waals surface area contributed by atoms with E-state index in [2.05, 4.69) is 12.2 Å². The third kappa shape index (κ3) is 3.32. The van der Waals surface area contributed by atoms with Crippen LogP contribution in [0.25, 0.3) is 0 Å². The van der Waals surface area contributed by atoms with Gasteiger partial charge in [-0.3, -0.25) is 4.79 Å². The van der Waals surface area contributed by atoms with Crippen LogP contribution in [0.3, 0.4) is 0 Å². The van der Waals surface area contributed by atoms with Crippen LogP contribution in [0.2, 0.25) is 0 Å². The van der Waals surface area contributed by atoms with Crippen LogP contribution in [0.15, 0.2) is 45.9 Å². The molecular formula is C13H16N2O2. The zero-order valence-electron chi connectivity index (χ0n) is 9.85. The van der Waals surface area contributed by atoms with Crippen LogP contribution < -0.4 is 10.7 Å². The summed E-state index contributed by atoms with van der Waals surface area (Å²) in [7, 11) is 0. The van der Waals surface area contributed by atoms with E-state index in [1.165, 1.54) is 0 Å². The lowest BCUT2D eigenvalue weighted by Gasteiger charge is -2.02. The molecule has 4 nitrogen and oxygen atoms in total. The molecule has 0 aliphatic carbocycles. The first kappa shape index (κ1) is 11.7. The van der Waals surface area contributed by atoms with E-state index in [0.717, 1.165) is 24.6 Å². The Labute approximate surface area is 99.9 Å². The first-order chi connectivity index (χ1) is 8.28. The lowest BCUT2D eigenvalue weighted by Crippen LogP contribution is -2.10. The Morgan fingerprint density at radius 3 is 2.59 bits per heavy atom. The van der Waals surface area contributed by atoms with Gasteiger partial charge in [0.2, 0.25) is 0 Å². The first-order valence-electron chi connectivity index (χ1n) is 5.72. The molecule has 0 atom stereocenters. The average Bonchev–Trinajstić information content (AvgIpc) is 2.77. The molecule has 2 aromatic rings. The maximum Gasteiger partial charge on any atom is 0.181 e. The van der Waals surface area contributed by atoms with Crippen molar-refractivity contribution in [2.24, 2.45) is 0 Å². The molecule has 0 spiro atoms. The maximum absolute atomic E-state index is 11.0. The minimum Gasteiger partial charge on any atom is -0.463 e. The molecule has 2 aromatic heterocycles. The van der Waals surface area contributed by atoms with Gasteiger partial charge in [0, 0.05) is 24.5 Å². The van der Waals surface area contributed by atoms with Crippen molar-refractivity contribution >= 4 is 0 Å². The number of nitrogens with one attached hydrogen (secondary N) is 1. The zero-order valence-corrected chi connectivity index (χ0v) is 9.85. The number of hydrogen-bond donors (Lipinski definition) is 1. The van der Waals surface area contributed by atoms with Crippen LogP contribution in [0, 0.1) is 0 Å². The minimum atomic E-state index is 0.0218. The van der Waals surface area contributed by atoms with Gasteiger partial charge in [-0.2, -0.15) is 0 Å². The summed E-state index contributed by atoms with van der Waals surface area (Å²) >= 11 is 0. The summed E-state index contributed by atoms with van der Waals surface area (Å²) in [5.41, 5.74) is 0.0218. The maximum atomic E-state index is 11.0. The molecule has 4 heteroatoms. The summed E-state index contributed by atoms with van der Waals surface area (Å²) in [6.07, 6.45) is 3.52. The molecule has 0 aromatic carbocycles. The van der Waals surface area contributed by atoms with Crippen molar-refractivity contribution in [2.75, 3.05) is 6.54 Å². The van der Waals surface area contributed by atoms with E-state index in [-0.39, 0.29) is 5.43 Å². The molecule has 0 amide bonds. The lowest BCUT2D eigenvalue weighted by molar-refractivity contribution is 0.439. The Hall–Kier alpha value is -1.81. The predicted molar refractivity (Wildman–Crippen MR) is 65.9 cm³/mol. The molecule has 90 valence electrons. The van der Waals surface area contributed by atoms with Crippen molar-refractivity contribution in [3.05, 3.63) is 58.4 Å². The van der Waals surface area contributed by atoms with Gasteiger partial charge in [-0.05, 0) is 18.7 Å². The van der Waals surface area contributed by atoms with Crippen LogP contribution >= 0.6 is 0 Å². The molecule has 17 heavy (non-hydrogen) atoms. The fourth-order valence-electron chi connectivity index (χ4n) is 1.58. The molecular weight excluding hydrogens is 216 g/mol. The summed E-state index contributed by atoms with van der Waals surface area (Å²) < 4.78 is 7.57. The highest BCUT2D eigenvalue weighted by molar-refractivity contribution is 5.08. The van der Waals surface area contributed by atoms with Gasteiger partial charge in [0.05, 0.1) is 13.1 Å². The Morgan fingerprint density at radius 2 is 1.88 bits per heavy atom. The number of furan rings is 1. The van der Waals surface area contributed by atoms with E-state index in [1.807, 2.05) is 16.7 Å². The molecule has 0 fully saturated rings. The molecule has 2 heterocycles. The van der Waals surface area contributed by atoms with Gasteiger partial charge in [-0.15, -0.1) is 0 Å². The van der Waals surface area contributed by atoms with Crippen molar-refractivity contribution in [3.8, 4) is 0 Å². The smallest absolute Gasteiger partial charge is 0.181 e. The Balaban J connectivity index is 2.01. The second kappa shape index (κ2) is 5.50. The number of hydrogen-bond acceptors (Lipinski definition) is 3. The topological polar surface area (TPSA) is 47.2 Å². The number of nitrogens with zero attached hydrogens (tertiary/aromatic N) is 1. The van der Waals surface area contributed by atoms with Gasteiger partial charge in [0.1, 0.15) is 11.5 Å². The molecule has 0 aliphatic heterocycles. The van der Waals surface area contributed by atoms with Crippen LogP contribution in [0.5, 0.6) is 0 Å². The monoisotopic (exact) mass is 232 g/mol. The number of aromatic nitrogens is 1. The highest BCUT2D eigenvalue weighted by atomic mass is 16.3. The fourth-order valence-corrected chi connectivity index (χ4v) is 1.58. The van der Waals surface area contributed by atoms with Crippen LogP contribution in [-0.4, -0.2) is 11.1 Å². The van der Waals surface area contributed by atoms with E-state index < -0.39 is 0 Å². The predicted octanol–water partition coefficient (Wildman–Crippen LogP) is 1.60. The van der Waals surface area contributed by atoms with Gasteiger partial charge < -0.3 is 14.3 Å². The van der Waals surface area contributed by atoms with Crippen LogP contribution in [0.1, 0.15) is 18.4 Å². The fraction of sp³-hybridized carbons (Fsp3) is 0.308. The molecule has 0 aliphatic rings. The minimum absolute atomic E-state index is 0.0218. The van der Waals surface area contributed by atoms with Crippen LogP contribution in [0.4, 0.5) is 0 Å². The van der Waals surface area contributed by atoms with Gasteiger partial charge >= 0.3 is 0 Å². The van der Waals surface area contributed by atoms with Gasteiger partial charge in [0.15, 0.2) is 5.43 Å². The summed E-state index contributed by atoms with van der Waals surface area (Å²) in [6.45, 7) is 4.38. The molecule has 0 bridgehead atoms. The lowest BCUT2D eigenvalue weighted by atomic mass is 10.4. The molecule has 2 rings (SSSR count). The zero-order chi connectivity index (χ0) is 12.1. The van der Waals surface area contributed by atoms with Crippen molar-refractivity contribution < 1.29 is 4.42 Å². The third-order valence-electron chi connectivity index (χ3n) is 2.47. The molecule has 0 saturated heterocycles. The highest BCUT2D eigenvalue weighted by Crippen LogP contribution is 2.09. The van der Waals surface area contributed by atoms with Gasteiger partial charge in [0.25, 0.3) is 0 Å². The second-order valence-corrected chi connectivity index (χ2v) is 3.85. The standard InChI is InChI=1S/C13H16N2O2/c1-2-14-9-12-3-4-13(17-12)10-15-7-5-11(16)6-8-15/h3-8,14H,2,9-10H2,1H3. The van der Waals surface area contributed by atoms with E-state index in [9.17, 15) is 4.79 Å². The van der Waals surface area contributed by atoms with E-state index in [4.69, 9.17) is 4.42 Å². The second-order valence-electron chi connectivity index (χ2n) is 3.85. The summed E-state index contributed by atoms with van der Waals surface area (Å²) in [5.74, 6) is 1.82. The van der Waals surface area contributed by atoms with E-state index in [0.29, 0.717) is 6.54 Å². The Bertz CT molecular complexity index is 508. The molecule has 0 saturated carbocycles. The van der Waals surface area contributed by atoms with Crippen molar-refractivity contribution in [1.29, 1.82) is 0 Å². The third-order valence-corrected chi connectivity index (χ3v) is 2.47. The molecule has 0 radical (unpaired) electrons. The molecule has 0 unspecified atom stereocenters. The first-order valence-corrected chi connectivity index (χ1v) is 5.72. The average molecular weight is 232 g/mol. The molecule has 1 N–H and O–H groups in total. The van der Waals surface area contributed by atoms with Crippen molar-refractivity contribution in [2.45, 2.75) is 20.0 Å². The van der Waals surface area contributed by atoms with Crippen LogP contribution in [-0.2, 0) is 13.1 Å². The quantitative estimate of drug-likeness (QED) is 0.851. The summed E-state index contributed by atoms with van der Waals surface area (Å²) in [6, 6.07) is 7.02. The highest BCUT2D eigenvalue weighted by Gasteiger charge is 2.01. The summed E-state index contributed by atoms with van der Waals surface area (Å²) in [5, 5.41) is 3.21. The van der Waals surface area contributed by atoms with Gasteiger partial charge in [-0.25, -0.2) is 0 Å². The normalized spacial score (nSPS) is 10.6. The number of pyridine rings is 1. The van der Waals surface area contributed by atoms with E-state index in [1.54, 1.807) is 24.5 Å². The Morgan fingerprint density at radius 1 is 1.18 bits per heavy atom. The SMILES string of the molecule is CCNCc1ccc(Cn2ccc(=O)cc2)o1. The largest absolute Gasteiger partial charge is 0.463 e. The van der Waals surface area contributed by atoms with Gasteiger partial charge in [-0.1, -0.05) is 6.92 Å². The number of rotatable bonds is 5. The van der Waals surface area contributed by atoms with Crippen molar-refractivity contribution in [1.82, 2.24) is 9.88 Å².